The van der Waals surface area contributed by atoms with Crippen molar-refractivity contribution in [2.45, 2.75) is 13.5 Å². The van der Waals surface area contributed by atoms with E-state index in [1.54, 1.807) is 24.3 Å². The topological polar surface area (TPSA) is 154 Å². The summed E-state index contributed by atoms with van der Waals surface area (Å²) in [7, 11) is 0. The molecule has 0 radical (unpaired) electrons. The van der Waals surface area contributed by atoms with Crippen LogP contribution in [0.25, 0.3) is 0 Å². The van der Waals surface area contributed by atoms with Crippen molar-refractivity contribution in [2.24, 2.45) is 0 Å². The lowest BCUT2D eigenvalue weighted by Gasteiger charge is -2.16. The van der Waals surface area contributed by atoms with Gasteiger partial charge in [-0.1, -0.05) is 6.07 Å². The second kappa shape index (κ2) is 8.95. The molecule has 34 heavy (non-hydrogen) atoms. The predicted molar refractivity (Wildman–Crippen MR) is 116 cm³/mol. The Labute approximate surface area is 192 Å². The lowest BCUT2D eigenvalue weighted by atomic mass is 10.0. The van der Waals surface area contributed by atoms with Crippen molar-refractivity contribution in [3.05, 3.63) is 85.2 Å². The molecule has 1 aromatic heterocycles. The number of benzene rings is 2. The standard InChI is InChI=1S/C23H17N3O8/c1-13-17(9-24)22(28)25(10-14-2-7-19-20(8-14)34-12-33-19)23(29)21(13)18(27)11-32-16-5-3-15(4-6-16)26(30)31/h2-8,29H,10-12H2,1H3. The quantitative estimate of drug-likeness (QED) is 0.316. The Morgan fingerprint density at radius 1 is 1.24 bits per heavy atom. The van der Waals surface area contributed by atoms with E-state index in [1.165, 1.54) is 31.2 Å². The van der Waals surface area contributed by atoms with Crippen molar-refractivity contribution in [3.8, 4) is 29.2 Å². The zero-order valence-corrected chi connectivity index (χ0v) is 17.8. The van der Waals surface area contributed by atoms with Crippen molar-refractivity contribution >= 4 is 11.5 Å². The maximum atomic E-state index is 12.9. The molecule has 1 aliphatic heterocycles. The Kier molecular flexibility index (Phi) is 5.88. The van der Waals surface area contributed by atoms with Crippen LogP contribution in [0.1, 0.15) is 27.0 Å². The molecule has 0 bridgehead atoms. The smallest absolute Gasteiger partial charge is 0.271 e. The average molecular weight is 463 g/mol. The number of fused-ring (bicyclic) bond motifs is 1. The van der Waals surface area contributed by atoms with Crippen molar-refractivity contribution in [2.75, 3.05) is 13.4 Å². The normalized spacial score (nSPS) is 11.6. The third kappa shape index (κ3) is 4.12. The lowest BCUT2D eigenvalue weighted by molar-refractivity contribution is -0.384. The molecule has 0 spiro atoms. The zero-order valence-electron chi connectivity index (χ0n) is 17.8. The number of ether oxygens (including phenoxy) is 3. The molecular weight excluding hydrogens is 446 g/mol. The first-order valence-corrected chi connectivity index (χ1v) is 9.95. The molecule has 4 rings (SSSR count). The Morgan fingerprint density at radius 2 is 1.94 bits per heavy atom. The van der Waals surface area contributed by atoms with Gasteiger partial charge in [0.25, 0.3) is 11.2 Å². The van der Waals surface area contributed by atoms with E-state index in [9.17, 15) is 30.1 Å². The lowest BCUT2D eigenvalue weighted by Crippen LogP contribution is -2.28. The third-order valence-corrected chi connectivity index (χ3v) is 5.27. The van der Waals surface area contributed by atoms with E-state index < -0.39 is 28.8 Å². The van der Waals surface area contributed by atoms with Crippen LogP contribution in [0.3, 0.4) is 0 Å². The average Bonchev–Trinajstić information content (AvgIpc) is 3.29. The van der Waals surface area contributed by atoms with E-state index >= 15 is 0 Å². The highest BCUT2D eigenvalue weighted by atomic mass is 16.7. The van der Waals surface area contributed by atoms with Gasteiger partial charge in [0, 0.05) is 12.1 Å². The van der Waals surface area contributed by atoms with Gasteiger partial charge in [-0.25, -0.2) is 0 Å². The highest BCUT2D eigenvalue weighted by Crippen LogP contribution is 2.33. The summed E-state index contributed by atoms with van der Waals surface area (Å²) in [6.45, 7) is 0.809. The Balaban J connectivity index is 1.64. The minimum Gasteiger partial charge on any atom is -0.494 e. The summed E-state index contributed by atoms with van der Waals surface area (Å²) in [5.74, 6) is -0.0577. The highest BCUT2D eigenvalue weighted by molar-refractivity contribution is 6.01. The second-order valence-corrected chi connectivity index (χ2v) is 7.35. The molecule has 0 saturated carbocycles. The van der Waals surface area contributed by atoms with Crippen LogP contribution >= 0.6 is 0 Å². The Morgan fingerprint density at radius 3 is 2.62 bits per heavy atom. The summed E-state index contributed by atoms with van der Waals surface area (Å²) < 4.78 is 16.9. The summed E-state index contributed by atoms with van der Waals surface area (Å²) >= 11 is 0. The minimum absolute atomic E-state index is 0.0317. The molecule has 1 N–H and O–H groups in total. The fourth-order valence-corrected chi connectivity index (χ4v) is 3.54. The summed E-state index contributed by atoms with van der Waals surface area (Å²) in [4.78, 5) is 36.0. The van der Waals surface area contributed by atoms with Gasteiger partial charge in [0.2, 0.25) is 18.5 Å². The number of pyridine rings is 1. The SMILES string of the molecule is Cc1c(C(=O)COc2ccc([N+](=O)[O-])cc2)c(O)n(Cc2ccc3c(c2)OCO3)c(=O)c1C#N. The predicted octanol–water partition coefficient (Wildman–Crippen LogP) is 2.68. The Bertz CT molecular complexity index is 1400. The van der Waals surface area contributed by atoms with E-state index in [0.29, 0.717) is 17.1 Å². The van der Waals surface area contributed by atoms with E-state index in [4.69, 9.17) is 14.2 Å². The van der Waals surface area contributed by atoms with Crippen LogP contribution in [-0.2, 0) is 6.54 Å². The Hall–Kier alpha value is -4.85. The number of ketones is 1. The summed E-state index contributed by atoms with van der Waals surface area (Å²) in [6.07, 6.45) is 0. The van der Waals surface area contributed by atoms with Crippen LogP contribution in [0.2, 0.25) is 0 Å². The van der Waals surface area contributed by atoms with E-state index in [0.717, 1.165) is 4.57 Å². The maximum absolute atomic E-state index is 12.9. The number of Topliss-reactive ketones (excluding diaryl/α,β-unsaturated/α-hetero) is 1. The van der Waals surface area contributed by atoms with E-state index in [2.05, 4.69) is 0 Å². The molecular formula is C23H17N3O8. The van der Waals surface area contributed by atoms with Crippen LogP contribution in [0, 0.1) is 28.4 Å². The van der Waals surface area contributed by atoms with Crippen LogP contribution in [0.4, 0.5) is 5.69 Å². The van der Waals surface area contributed by atoms with Gasteiger partial charge in [0.1, 0.15) is 17.4 Å². The van der Waals surface area contributed by atoms with Gasteiger partial charge in [-0.05, 0) is 42.3 Å². The number of carbonyl (C=O) groups is 1. The second-order valence-electron chi connectivity index (χ2n) is 7.35. The van der Waals surface area contributed by atoms with E-state index in [1.807, 2.05) is 0 Å². The van der Waals surface area contributed by atoms with Gasteiger partial charge in [-0.2, -0.15) is 5.26 Å². The fourth-order valence-electron chi connectivity index (χ4n) is 3.54. The number of hydrogen-bond donors (Lipinski definition) is 1. The van der Waals surface area contributed by atoms with Gasteiger partial charge in [-0.3, -0.25) is 24.3 Å². The molecule has 0 unspecified atom stereocenters. The fraction of sp³-hybridized carbons (Fsp3) is 0.174. The van der Waals surface area contributed by atoms with Gasteiger partial charge in [0.15, 0.2) is 18.1 Å². The molecule has 3 aromatic rings. The number of aromatic nitrogens is 1. The molecule has 2 heterocycles. The van der Waals surface area contributed by atoms with Crippen molar-refractivity contribution in [1.29, 1.82) is 5.26 Å². The third-order valence-electron chi connectivity index (χ3n) is 5.27. The monoisotopic (exact) mass is 463 g/mol. The molecule has 1 aliphatic rings. The summed E-state index contributed by atoms with van der Waals surface area (Å²) in [5.41, 5.74) is -0.778. The molecule has 172 valence electrons. The first-order valence-electron chi connectivity index (χ1n) is 9.95. The first kappa shape index (κ1) is 22.3. The molecule has 0 fully saturated rings. The van der Waals surface area contributed by atoms with Crippen molar-refractivity contribution in [3.63, 3.8) is 0 Å². The highest BCUT2D eigenvalue weighted by Gasteiger charge is 2.25. The van der Waals surface area contributed by atoms with E-state index in [-0.39, 0.29) is 41.5 Å². The molecule has 0 amide bonds. The number of non-ortho nitro benzene ring substituents is 1. The summed E-state index contributed by atoms with van der Waals surface area (Å²) in [5, 5.41) is 31.1. The number of rotatable bonds is 7. The van der Waals surface area contributed by atoms with Gasteiger partial charge < -0.3 is 19.3 Å². The van der Waals surface area contributed by atoms with Crippen LogP contribution < -0.4 is 19.8 Å². The molecule has 0 atom stereocenters. The molecule has 2 aromatic carbocycles. The zero-order chi connectivity index (χ0) is 24.4. The molecule has 11 nitrogen and oxygen atoms in total. The number of nitriles is 1. The van der Waals surface area contributed by atoms with Crippen LogP contribution in [0.5, 0.6) is 23.1 Å². The number of hydrogen-bond acceptors (Lipinski definition) is 9. The molecule has 0 aliphatic carbocycles. The molecule has 0 saturated heterocycles. The van der Waals surface area contributed by atoms with Crippen LogP contribution in [0.15, 0.2) is 47.3 Å². The molecule has 11 heteroatoms. The summed E-state index contributed by atoms with van der Waals surface area (Å²) in [6, 6.07) is 11.9. The van der Waals surface area contributed by atoms with Crippen LogP contribution in [-0.4, -0.2) is 33.8 Å². The minimum atomic E-state index is -0.747. The van der Waals surface area contributed by atoms with Crippen molar-refractivity contribution in [1.82, 2.24) is 4.57 Å². The largest absolute Gasteiger partial charge is 0.494 e. The van der Waals surface area contributed by atoms with Gasteiger partial charge in [0.05, 0.1) is 17.0 Å². The number of nitro groups is 1. The number of aromatic hydroxyl groups is 1. The maximum Gasteiger partial charge on any atom is 0.271 e. The number of nitro benzene ring substituents is 1. The van der Waals surface area contributed by atoms with Crippen molar-refractivity contribution < 1.29 is 29.0 Å². The van der Waals surface area contributed by atoms with Gasteiger partial charge in [-0.15, -0.1) is 0 Å². The van der Waals surface area contributed by atoms with Gasteiger partial charge >= 0.3 is 0 Å². The first-order chi connectivity index (χ1) is 16.3. The number of nitrogens with zero attached hydrogens (tertiary/aromatic N) is 3. The number of carbonyl (C=O) groups excluding carboxylic acids is 1.